The van der Waals surface area contributed by atoms with Gasteiger partial charge in [-0.3, -0.25) is 0 Å². The Morgan fingerprint density at radius 1 is 1.00 bits per heavy atom. The highest BCUT2D eigenvalue weighted by atomic mass is 32.1. The molecule has 6 heteroatoms. The number of hydrogen-bond acceptors (Lipinski definition) is 6. The zero-order valence-corrected chi connectivity index (χ0v) is 11.3. The van der Waals surface area contributed by atoms with E-state index in [-0.39, 0.29) is 5.95 Å². The number of fused-ring (bicyclic) bond motifs is 1. The minimum Gasteiger partial charge on any atom is -0.383 e. The second kappa shape index (κ2) is 4.82. The number of anilines is 2. The first kappa shape index (κ1) is 12.4. The van der Waals surface area contributed by atoms with Crippen LogP contribution in [0.5, 0.6) is 0 Å². The summed E-state index contributed by atoms with van der Waals surface area (Å²) >= 11 is 5.47. The lowest BCUT2D eigenvalue weighted by Crippen LogP contribution is -2.04. The van der Waals surface area contributed by atoms with E-state index in [2.05, 4.69) is 15.0 Å². The van der Waals surface area contributed by atoms with E-state index < -0.39 is 0 Å². The number of nitrogens with two attached hydrogens (primary N) is 2. The monoisotopic (exact) mass is 281 g/mol. The Hall–Kier alpha value is -2.60. The van der Waals surface area contributed by atoms with E-state index in [1.54, 1.807) is 6.20 Å². The van der Waals surface area contributed by atoms with E-state index in [0.29, 0.717) is 21.7 Å². The molecule has 3 rings (SSSR count). The second-order valence-corrected chi connectivity index (χ2v) is 4.67. The first-order valence-electron chi connectivity index (χ1n) is 5.93. The van der Waals surface area contributed by atoms with Gasteiger partial charge >= 0.3 is 0 Å². The first-order chi connectivity index (χ1) is 9.65. The van der Waals surface area contributed by atoms with Gasteiger partial charge < -0.3 is 11.5 Å². The zero-order chi connectivity index (χ0) is 14.1. The van der Waals surface area contributed by atoms with Gasteiger partial charge in [0.05, 0.1) is 10.3 Å². The van der Waals surface area contributed by atoms with Crippen molar-refractivity contribution < 1.29 is 0 Å². The van der Waals surface area contributed by atoms with Crippen molar-refractivity contribution in [3.05, 3.63) is 53.7 Å². The van der Waals surface area contributed by atoms with Gasteiger partial charge in [0.1, 0.15) is 5.82 Å². The first-order valence-corrected chi connectivity index (χ1v) is 6.34. The number of hydrogen-bond donors (Lipinski definition) is 2. The maximum Gasteiger partial charge on any atom is 0.224 e. The van der Waals surface area contributed by atoms with Gasteiger partial charge in [0, 0.05) is 11.8 Å². The van der Waals surface area contributed by atoms with Crippen molar-refractivity contribution in [1.82, 2.24) is 15.0 Å². The Morgan fingerprint density at radius 3 is 2.50 bits per heavy atom. The average molecular weight is 281 g/mol. The standard InChI is InChI=1S/C14H11N5S/c15-12-10-6-9(7-17-13(10)19-14(16)18-12)11(20)8-4-2-1-3-5-8/h1-7H,(H4,15,16,17,18,19). The molecule has 0 spiro atoms. The Labute approximate surface area is 120 Å². The number of benzene rings is 1. The van der Waals surface area contributed by atoms with Crippen LogP contribution >= 0.6 is 12.2 Å². The Morgan fingerprint density at radius 2 is 1.75 bits per heavy atom. The van der Waals surface area contributed by atoms with E-state index in [1.165, 1.54) is 0 Å². The quantitative estimate of drug-likeness (QED) is 0.551. The highest BCUT2D eigenvalue weighted by molar-refractivity contribution is 7.81. The summed E-state index contributed by atoms with van der Waals surface area (Å²) in [4.78, 5) is 12.9. The number of nitrogen functional groups attached to an aromatic ring is 2. The summed E-state index contributed by atoms with van der Waals surface area (Å²) < 4.78 is 0. The molecule has 5 nitrogen and oxygen atoms in total. The van der Waals surface area contributed by atoms with Crippen molar-refractivity contribution in [3.63, 3.8) is 0 Å². The summed E-state index contributed by atoms with van der Waals surface area (Å²) in [6, 6.07) is 11.6. The summed E-state index contributed by atoms with van der Waals surface area (Å²) in [6.07, 6.45) is 1.67. The van der Waals surface area contributed by atoms with E-state index in [1.807, 2.05) is 36.4 Å². The number of thiocarbonyl (C=S) groups is 1. The summed E-state index contributed by atoms with van der Waals surface area (Å²) in [5.74, 6) is 0.415. The largest absolute Gasteiger partial charge is 0.383 e. The number of aromatic nitrogens is 3. The van der Waals surface area contributed by atoms with Gasteiger partial charge in [-0.1, -0.05) is 42.5 Å². The summed E-state index contributed by atoms with van der Waals surface area (Å²) in [5.41, 5.74) is 13.6. The molecule has 0 aliphatic heterocycles. The predicted molar refractivity (Wildman–Crippen MR) is 83.4 cm³/mol. The number of pyridine rings is 1. The van der Waals surface area contributed by atoms with Crippen LogP contribution in [0.1, 0.15) is 11.1 Å². The van der Waals surface area contributed by atoms with Crippen LogP contribution in [0.25, 0.3) is 11.0 Å². The Balaban J connectivity index is 2.12. The minimum atomic E-state index is 0.112. The van der Waals surface area contributed by atoms with Gasteiger partial charge in [0.2, 0.25) is 5.95 Å². The van der Waals surface area contributed by atoms with Gasteiger partial charge in [-0.2, -0.15) is 9.97 Å². The fraction of sp³-hybridized carbons (Fsp3) is 0. The zero-order valence-electron chi connectivity index (χ0n) is 10.4. The van der Waals surface area contributed by atoms with Crippen molar-refractivity contribution in [2.45, 2.75) is 0 Å². The SMILES string of the molecule is Nc1nc(N)c2cc(C(=S)c3ccccc3)cnc2n1. The predicted octanol–water partition coefficient (Wildman–Crippen LogP) is 1.96. The van der Waals surface area contributed by atoms with Gasteiger partial charge in [0.25, 0.3) is 0 Å². The van der Waals surface area contributed by atoms with Crippen molar-refractivity contribution in [3.8, 4) is 0 Å². The van der Waals surface area contributed by atoms with Crippen LogP contribution in [0.4, 0.5) is 11.8 Å². The highest BCUT2D eigenvalue weighted by Gasteiger charge is 2.09. The topological polar surface area (TPSA) is 90.7 Å². The molecule has 0 fully saturated rings. The molecule has 0 radical (unpaired) electrons. The van der Waals surface area contributed by atoms with Crippen LogP contribution in [0.15, 0.2) is 42.6 Å². The van der Waals surface area contributed by atoms with E-state index in [4.69, 9.17) is 23.7 Å². The fourth-order valence-electron chi connectivity index (χ4n) is 1.93. The van der Waals surface area contributed by atoms with Gasteiger partial charge in [-0.15, -0.1) is 0 Å². The normalized spacial score (nSPS) is 10.6. The third kappa shape index (κ3) is 2.17. The maximum absolute atomic E-state index is 5.85. The molecular formula is C14H11N5S. The lowest BCUT2D eigenvalue weighted by atomic mass is 10.1. The van der Waals surface area contributed by atoms with E-state index in [0.717, 1.165) is 11.1 Å². The smallest absolute Gasteiger partial charge is 0.224 e. The van der Waals surface area contributed by atoms with Gasteiger partial charge in [-0.05, 0) is 11.6 Å². The van der Waals surface area contributed by atoms with Crippen molar-refractivity contribution in [2.75, 3.05) is 11.5 Å². The fourth-order valence-corrected chi connectivity index (χ4v) is 2.18. The minimum absolute atomic E-state index is 0.112. The maximum atomic E-state index is 5.85. The summed E-state index contributed by atoms with van der Waals surface area (Å²) in [6.45, 7) is 0. The molecule has 4 N–H and O–H groups in total. The molecule has 0 atom stereocenters. The molecule has 0 aliphatic rings. The van der Waals surface area contributed by atoms with Crippen LogP contribution in [0, 0.1) is 0 Å². The molecule has 0 bridgehead atoms. The average Bonchev–Trinajstić information content (AvgIpc) is 2.47. The molecule has 2 aromatic heterocycles. The molecule has 20 heavy (non-hydrogen) atoms. The van der Waals surface area contributed by atoms with Crippen molar-refractivity contribution >= 4 is 39.9 Å². The molecule has 0 aliphatic carbocycles. The molecule has 0 unspecified atom stereocenters. The Kier molecular flexibility index (Phi) is 3.00. The summed E-state index contributed by atoms with van der Waals surface area (Å²) in [7, 11) is 0. The van der Waals surface area contributed by atoms with Crippen LogP contribution in [0.2, 0.25) is 0 Å². The second-order valence-electron chi connectivity index (χ2n) is 4.26. The molecule has 98 valence electrons. The molecular weight excluding hydrogens is 270 g/mol. The molecule has 1 aromatic carbocycles. The third-order valence-electron chi connectivity index (χ3n) is 2.90. The lowest BCUT2D eigenvalue weighted by Gasteiger charge is -2.06. The molecule has 3 aromatic rings. The van der Waals surface area contributed by atoms with Gasteiger partial charge in [-0.25, -0.2) is 4.98 Å². The molecule has 2 heterocycles. The summed E-state index contributed by atoms with van der Waals surface area (Å²) in [5, 5.41) is 0.648. The molecule has 0 amide bonds. The van der Waals surface area contributed by atoms with Crippen LogP contribution in [-0.2, 0) is 0 Å². The molecule has 0 saturated carbocycles. The third-order valence-corrected chi connectivity index (χ3v) is 3.37. The molecule has 0 saturated heterocycles. The van der Waals surface area contributed by atoms with E-state index >= 15 is 0 Å². The van der Waals surface area contributed by atoms with Crippen LogP contribution in [-0.4, -0.2) is 19.8 Å². The number of nitrogens with zero attached hydrogens (tertiary/aromatic N) is 3. The highest BCUT2D eigenvalue weighted by Crippen LogP contribution is 2.20. The Bertz CT molecular complexity index is 801. The van der Waals surface area contributed by atoms with E-state index in [9.17, 15) is 0 Å². The van der Waals surface area contributed by atoms with Gasteiger partial charge in [0.15, 0.2) is 5.65 Å². The van der Waals surface area contributed by atoms with Crippen LogP contribution in [0.3, 0.4) is 0 Å². The lowest BCUT2D eigenvalue weighted by molar-refractivity contribution is 1.20. The number of rotatable bonds is 2. The van der Waals surface area contributed by atoms with Crippen molar-refractivity contribution in [2.24, 2.45) is 0 Å². The van der Waals surface area contributed by atoms with Crippen LogP contribution < -0.4 is 11.5 Å². The van der Waals surface area contributed by atoms with Crippen molar-refractivity contribution in [1.29, 1.82) is 0 Å².